The van der Waals surface area contributed by atoms with Crippen molar-refractivity contribution in [2.75, 3.05) is 43.5 Å². The third kappa shape index (κ3) is 4.84. The molecule has 0 atom stereocenters. The van der Waals surface area contributed by atoms with Gasteiger partial charge in [-0.15, -0.1) is 11.3 Å². The first-order valence-electron chi connectivity index (χ1n) is 9.88. The van der Waals surface area contributed by atoms with E-state index >= 15 is 0 Å². The Balaban J connectivity index is 1.37. The summed E-state index contributed by atoms with van der Waals surface area (Å²) in [5.74, 6) is 0.561. The summed E-state index contributed by atoms with van der Waals surface area (Å²) in [6.07, 6.45) is 0. The van der Waals surface area contributed by atoms with Crippen molar-refractivity contribution in [3.8, 4) is 5.75 Å². The maximum Gasteiger partial charge on any atom is 0.264 e. The standard InChI is InChI=1S/C23H22ClN3O3S/c1-30-18-7-4-16(5-8-18)22(28)25-17-6-9-20(19(24)15-17)26-10-12-27(13-11-26)23(29)21-3-2-14-31-21/h2-9,14-15H,10-13H2,1H3,(H,25,28). The topological polar surface area (TPSA) is 61.9 Å². The normalized spacial score (nSPS) is 13.7. The van der Waals surface area contributed by atoms with Gasteiger partial charge in [-0.05, 0) is 53.9 Å². The molecular formula is C23H22ClN3O3S. The van der Waals surface area contributed by atoms with Gasteiger partial charge in [0.05, 0.1) is 22.7 Å². The number of anilines is 2. The van der Waals surface area contributed by atoms with Crippen LogP contribution in [0.25, 0.3) is 0 Å². The van der Waals surface area contributed by atoms with Crippen molar-refractivity contribution in [2.45, 2.75) is 0 Å². The van der Waals surface area contributed by atoms with Gasteiger partial charge in [0.25, 0.3) is 11.8 Å². The monoisotopic (exact) mass is 455 g/mol. The quantitative estimate of drug-likeness (QED) is 0.609. The summed E-state index contributed by atoms with van der Waals surface area (Å²) in [5, 5.41) is 5.35. The number of rotatable bonds is 5. The van der Waals surface area contributed by atoms with Gasteiger partial charge in [-0.25, -0.2) is 0 Å². The van der Waals surface area contributed by atoms with Crippen molar-refractivity contribution in [2.24, 2.45) is 0 Å². The Labute approximate surface area is 190 Å². The lowest BCUT2D eigenvalue weighted by atomic mass is 10.2. The van der Waals surface area contributed by atoms with Crippen LogP contribution in [0.4, 0.5) is 11.4 Å². The minimum Gasteiger partial charge on any atom is -0.497 e. The lowest BCUT2D eigenvalue weighted by Crippen LogP contribution is -2.48. The molecule has 1 saturated heterocycles. The molecule has 6 nitrogen and oxygen atoms in total. The van der Waals surface area contributed by atoms with E-state index in [0.29, 0.717) is 48.2 Å². The molecule has 2 heterocycles. The molecule has 4 rings (SSSR count). The molecule has 0 unspecified atom stereocenters. The van der Waals surface area contributed by atoms with E-state index in [1.54, 1.807) is 37.4 Å². The summed E-state index contributed by atoms with van der Waals surface area (Å²) in [4.78, 5) is 29.8. The van der Waals surface area contributed by atoms with Crippen LogP contribution < -0.4 is 15.0 Å². The van der Waals surface area contributed by atoms with Crippen LogP contribution in [0.1, 0.15) is 20.0 Å². The molecule has 1 aliphatic rings. The summed E-state index contributed by atoms with van der Waals surface area (Å²) in [5.41, 5.74) is 2.06. The van der Waals surface area contributed by atoms with E-state index in [1.807, 2.05) is 34.5 Å². The van der Waals surface area contributed by atoms with Crippen molar-refractivity contribution >= 4 is 46.1 Å². The van der Waals surface area contributed by atoms with E-state index in [0.717, 1.165) is 10.6 Å². The lowest BCUT2D eigenvalue weighted by Gasteiger charge is -2.36. The third-order valence-corrected chi connectivity index (χ3v) is 6.36. The Hall–Kier alpha value is -3.03. The maximum atomic E-state index is 12.5. The summed E-state index contributed by atoms with van der Waals surface area (Å²) >= 11 is 7.99. The van der Waals surface area contributed by atoms with E-state index in [9.17, 15) is 9.59 Å². The SMILES string of the molecule is COc1ccc(C(=O)Nc2ccc(N3CCN(C(=O)c4cccs4)CC3)c(Cl)c2)cc1. The molecule has 1 aliphatic heterocycles. The van der Waals surface area contributed by atoms with E-state index in [2.05, 4.69) is 10.2 Å². The number of hydrogen-bond acceptors (Lipinski definition) is 5. The third-order valence-electron chi connectivity index (χ3n) is 5.20. The molecule has 31 heavy (non-hydrogen) atoms. The fourth-order valence-electron chi connectivity index (χ4n) is 3.49. The fourth-order valence-corrected chi connectivity index (χ4v) is 4.48. The fraction of sp³-hybridized carbons (Fsp3) is 0.217. The number of carbonyl (C=O) groups excluding carboxylic acids is 2. The second-order valence-electron chi connectivity index (χ2n) is 7.11. The minimum atomic E-state index is -0.216. The molecule has 0 saturated carbocycles. The molecule has 1 fully saturated rings. The van der Waals surface area contributed by atoms with E-state index in [-0.39, 0.29) is 11.8 Å². The number of carbonyl (C=O) groups is 2. The molecule has 1 N–H and O–H groups in total. The number of halogens is 1. The van der Waals surface area contributed by atoms with Gasteiger partial charge >= 0.3 is 0 Å². The zero-order chi connectivity index (χ0) is 21.8. The summed E-state index contributed by atoms with van der Waals surface area (Å²) in [6.45, 7) is 2.69. The molecular weight excluding hydrogens is 434 g/mol. The Morgan fingerprint density at radius 3 is 2.39 bits per heavy atom. The zero-order valence-electron chi connectivity index (χ0n) is 17.0. The van der Waals surface area contributed by atoms with Crippen LogP contribution in [0, 0.1) is 0 Å². The van der Waals surface area contributed by atoms with Crippen LogP contribution in [-0.4, -0.2) is 50.0 Å². The van der Waals surface area contributed by atoms with Gasteiger partial charge in [0.15, 0.2) is 0 Å². The van der Waals surface area contributed by atoms with Gasteiger partial charge in [0.2, 0.25) is 0 Å². The number of thiophene rings is 1. The smallest absolute Gasteiger partial charge is 0.264 e. The van der Waals surface area contributed by atoms with Crippen molar-refractivity contribution < 1.29 is 14.3 Å². The number of hydrogen-bond donors (Lipinski definition) is 1. The average molecular weight is 456 g/mol. The lowest BCUT2D eigenvalue weighted by molar-refractivity contribution is 0.0751. The van der Waals surface area contributed by atoms with Crippen molar-refractivity contribution in [3.63, 3.8) is 0 Å². The molecule has 0 bridgehead atoms. The van der Waals surface area contributed by atoms with Crippen LogP contribution in [0.5, 0.6) is 5.75 Å². The number of nitrogens with zero attached hydrogens (tertiary/aromatic N) is 2. The highest BCUT2D eigenvalue weighted by atomic mass is 35.5. The number of ether oxygens (including phenoxy) is 1. The predicted molar refractivity (Wildman–Crippen MR) is 125 cm³/mol. The first-order valence-corrected chi connectivity index (χ1v) is 11.1. The Bertz CT molecular complexity index is 1060. The maximum absolute atomic E-state index is 12.5. The molecule has 0 radical (unpaired) electrons. The number of piperazine rings is 1. The minimum absolute atomic E-state index is 0.0809. The van der Waals surface area contributed by atoms with Gasteiger partial charge in [0, 0.05) is 37.4 Å². The van der Waals surface area contributed by atoms with Gasteiger partial charge in [0.1, 0.15) is 5.75 Å². The molecule has 2 aromatic carbocycles. The van der Waals surface area contributed by atoms with Crippen LogP contribution >= 0.6 is 22.9 Å². The number of nitrogens with one attached hydrogen (secondary N) is 1. The Morgan fingerprint density at radius 2 is 1.77 bits per heavy atom. The highest BCUT2D eigenvalue weighted by Crippen LogP contribution is 2.30. The van der Waals surface area contributed by atoms with Crippen LogP contribution in [-0.2, 0) is 0 Å². The first kappa shape index (κ1) is 21.2. The van der Waals surface area contributed by atoms with Gasteiger partial charge in [-0.3, -0.25) is 9.59 Å². The second kappa shape index (κ2) is 9.41. The zero-order valence-corrected chi connectivity index (χ0v) is 18.6. The van der Waals surface area contributed by atoms with E-state index < -0.39 is 0 Å². The number of amides is 2. The summed E-state index contributed by atoms with van der Waals surface area (Å²) in [6, 6.07) is 16.2. The summed E-state index contributed by atoms with van der Waals surface area (Å²) in [7, 11) is 1.58. The van der Waals surface area contributed by atoms with Crippen molar-refractivity contribution in [3.05, 3.63) is 75.4 Å². The highest BCUT2D eigenvalue weighted by Gasteiger charge is 2.24. The highest BCUT2D eigenvalue weighted by molar-refractivity contribution is 7.12. The molecule has 2 amide bonds. The molecule has 1 aromatic heterocycles. The Kier molecular flexibility index (Phi) is 6.44. The van der Waals surface area contributed by atoms with Gasteiger partial charge < -0.3 is 19.9 Å². The van der Waals surface area contributed by atoms with Crippen LogP contribution in [0.15, 0.2) is 60.0 Å². The summed E-state index contributed by atoms with van der Waals surface area (Å²) < 4.78 is 5.12. The molecule has 0 spiro atoms. The molecule has 3 aromatic rings. The number of benzene rings is 2. The van der Waals surface area contributed by atoms with Crippen LogP contribution in [0.3, 0.4) is 0 Å². The van der Waals surface area contributed by atoms with E-state index in [4.69, 9.17) is 16.3 Å². The Morgan fingerprint density at radius 1 is 1.03 bits per heavy atom. The molecule has 8 heteroatoms. The largest absolute Gasteiger partial charge is 0.497 e. The van der Waals surface area contributed by atoms with E-state index in [1.165, 1.54) is 11.3 Å². The molecule has 0 aliphatic carbocycles. The molecule has 160 valence electrons. The second-order valence-corrected chi connectivity index (χ2v) is 8.46. The average Bonchev–Trinajstić information content (AvgIpc) is 3.34. The van der Waals surface area contributed by atoms with Crippen molar-refractivity contribution in [1.29, 1.82) is 0 Å². The predicted octanol–water partition coefficient (Wildman–Crippen LogP) is 4.62. The van der Waals surface area contributed by atoms with Gasteiger partial charge in [-0.1, -0.05) is 17.7 Å². The first-order chi connectivity index (χ1) is 15.0. The number of methoxy groups -OCH3 is 1. The van der Waals surface area contributed by atoms with Crippen LogP contribution in [0.2, 0.25) is 5.02 Å². The van der Waals surface area contributed by atoms with Crippen molar-refractivity contribution in [1.82, 2.24) is 4.90 Å². The van der Waals surface area contributed by atoms with Gasteiger partial charge in [-0.2, -0.15) is 0 Å².